The average molecular weight is 109 g/mol. The fourth-order valence-corrected chi connectivity index (χ4v) is 1.14. The number of hydrogen-bond donors (Lipinski definition) is 0. The van der Waals surface area contributed by atoms with Crippen LogP contribution < -0.4 is 0 Å². The summed E-state index contributed by atoms with van der Waals surface area (Å²) in [6.45, 7) is 6.12. The number of rotatable bonds is 1. The van der Waals surface area contributed by atoms with Gasteiger partial charge in [-0.2, -0.15) is 0 Å². The Morgan fingerprint density at radius 2 is 2.50 bits per heavy atom. The Balaban J connectivity index is 2.45. The van der Waals surface area contributed by atoms with Crippen LogP contribution in [0.1, 0.15) is 26.2 Å². The van der Waals surface area contributed by atoms with Crippen molar-refractivity contribution >= 4 is 0 Å². The van der Waals surface area contributed by atoms with Gasteiger partial charge in [-0.3, -0.25) is 0 Å². The smallest absolute Gasteiger partial charge is 0.0231 e. The van der Waals surface area contributed by atoms with E-state index in [9.17, 15) is 0 Å². The molecular weight excluding hydrogens is 96.1 g/mol. The predicted octanol–water partition coefficient (Wildman–Crippen LogP) is 2.57. The molecule has 45 valence electrons. The summed E-state index contributed by atoms with van der Waals surface area (Å²) in [5, 5.41) is 0. The van der Waals surface area contributed by atoms with Crippen molar-refractivity contribution in [3.8, 4) is 0 Å². The Morgan fingerprint density at radius 1 is 1.75 bits per heavy atom. The normalized spacial score (nSPS) is 19.6. The lowest BCUT2D eigenvalue weighted by molar-refractivity contribution is 0.787. The standard InChI is InChI=1S/C8H13/c1-7(2)8-5-3-4-6-8/h5,7H,1,3-4,6H2,2H3. The van der Waals surface area contributed by atoms with Crippen molar-refractivity contribution in [1.82, 2.24) is 0 Å². The lowest BCUT2D eigenvalue weighted by atomic mass is 10.0. The molecule has 1 aliphatic carbocycles. The highest BCUT2D eigenvalue weighted by Crippen LogP contribution is 2.23. The summed E-state index contributed by atoms with van der Waals surface area (Å²) in [6, 6.07) is 0. The van der Waals surface area contributed by atoms with Crippen LogP contribution in [-0.2, 0) is 0 Å². The molecule has 0 N–H and O–H groups in total. The third-order valence-electron chi connectivity index (χ3n) is 1.71. The Kier molecular flexibility index (Phi) is 1.72. The van der Waals surface area contributed by atoms with E-state index in [2.05, 4.69) is 19.9 Å². The van der Waals surface area contributed by atoms with E-state index in [1.165, 1.54) is 19.3 Å². The third kappa shape index (κ3) is 1.12. The topological polar surface area (TPSA) is 0 Å². The van der Waals surface area contributed by atoms with E-state index in [1.807, 2.05) is 0 Å². The molecule has 0 aromatic rings. The molecule has 1 aliphatic rings. The maximum absolute atomic E-state index is 3.95. The van der Waals surface area contributed by atoms with Crippen LogP contribution in [0.3, 0.4) is 0 Å². The summed E-state index contributed by atoms with van der Waals surface area (Å²) in [5.74, 6) is 0.553. The maximum atomic E-state index is 3.95. The first-order chi connectivity index (χ1) is 3.80. The first-order valence-corrected chi connectivity index (χ1v) is 3.32. The molecule has 8 heavy (non-hydrogen) atoms. The van der Waals surface area contributed by atoms with Gasteiger partial charge in [-0.15, -0.1) is 0 Å². The van der Waals surface area contributed by atoms with E-state index in [-0.39, 0.29) is 0 Å². The number of allylic oxidation sites excluding steroid dienone is 2. The molecule has 0 spiro atoms. The van der Waals surface area contributed by atoms with Crippen molar-refractivity contribution in [3.63, 3.8) is 0 Å². The number of hydrogen-bond acceptors (Lipinski definition) is 0. The van der Waals surface area contributed by atoms with E-state index in [4.69, 9.17) is 0 Å². The molecule has 0 nitrogen and oxygen atoms in total. The molecule has 0 heteroatoms. The highest BCUT2D eigenvalue weighted by molar-refractivity contribution is 5.11. The van der Waals surface area contributed by atoms with Crippen molar-refractivity contribution in [1.29, 1.82) is 0 Å². The van der Waals surface area contributed by atoms with Gasteiger partial charge in [0.25, 0.3) is 0 Å². The monoisotopic (exact) mass is 109 g/mol. The molecule has 1 atom stereocenters. The molecule has 0 fully saturated rings. The molecule has 1 rings (SSSR count). The largest absolute Gasteiger partial charge is 0.0851 e. The minimum atomic E-state index is 0.553. The fraction of sp³-hybridized carbons (Fsp3) is 0.625. The van der Waals surface area contributed by atoms with Crippen molar-refractivity contribution in [2.24, 2.45) is 5.92 Å². The van der Waals surface area contributed by atoms with Gasteiger partial charge >= 0.3 is 0 Å². The summed E-state index contributed by atoms with van der Waals surface area (Å²) < 4.78 is 0. The molecule has 0 saturated heterocycles. The Bertz CT molecular complexity index is 98.6. The van der Waals surface area contributed by atoms with Gasteiger partial charge in [-0.1, -0.05) is 18.6 Å². The van der Waals surface area contributed by atoms with E-state index in [0.29, 0.717) is 5.92 Å². The van der Waals surface area contributed by atoms with Crippen molar-refractivity contribution in [3.05, 3.63) is 18.6 Å². The summed E-state index contributed by atoms with van der Waals surface area (Å²) in [4.78, 5) is 0. The predicted molar refractivity (Wildman–Crippen MR) is 36.5 cm³/mol. The zero-order valence-electron chi connectivity index (χ0n) is 5.48. The highest BCUT2D eigenvalue weighted by Gasteiger charge is 2.06. The molecule has 1 unspecified atom stereocenters. The van der Waals surface area contributed by atoms with Gasteiger partial charge in [0.2, 0.25) is 0 Å². The van der Waals surface area contributed by atoms with Gasteiger partial charge < -0.3 is 0 Å². The van der Waals surface area contributed by atoms with Crippen molar-refractivity contribution in [2.45, 2.75) is 26.2 Å². The van der Waals surface area contributed by atoms with E-state index in [0.717, 1.165) is 0 Å². The lowest BCUT2D eigenvalue weighted by Gasteiger charge is -2.02. The van der Waals surface area contributed by atoms with Crippen LogP contribution in [0.25, 0.3) is 0 Å². The molecule has 0 aromatic heterocycles. The van der Waals surface area contributed by atoms with Gasteiger partial charge in [0.15, 0.2) is 0 Å². The van der Waals surface area contributed by atoms with Crippen LogP contribution >= 0.6 is 0 Å². The molecule has 0 heterocycles. The van der Waals surface area contributed by atoms with Crippen LogP contribution in [-0.4, -0.2) is 0 Å². The lowest BCUT2D eigenvalue weighted by Crippen LogP contribution is -1.88. The second kappa shape index (κ2) is 2.34. The van der Waals surface area contributed by atoms with Gasteiger partial charge in [0.1, 0.15) is 0 Å². The highest BCUT2D eigenvalue weighted by atomic mass is 14.1. The second-order valence-corrected chi connectivity index (χ2v) is 2.57. The van der Waals surface area contributed by atoms with Gasteiger partial charge in [-0.05, 0) is 32.1 Å². The first-order valence-electron chi connectivity index (χ1n) is 3.32. The van der Waals surface area contributed by atoms with Crippen LogP contribution in [0.15, 0.2) is 11.6 Å². The summed E-state index contributed by atoms with van der Waals surface area (Å²) in [5.41, 5.74) is 1.56. The van der Waals surface area contributed by atoms with Crippen LogP contribution in [0.4, 0.5) is 0 Å². The summed E-state index contributed by atoms with van der Waals surface area (Å²) in [6.07, 6.45) is 6.27. The Morgan fingerprint density at radius 3 is 2.75 bits per heavy atom. The van der Waals surface area contributed by atoms with Crippen LogP contribution in [0.5, 0.6) is 0 Å². The van der Waals surface area contributed by atoms with Gasteiger partial charge in [0.05, 0.1) is 0 Å². The fourth-order valence-electron chi connectivity index (χ4n) is 1.14. The SMILES string of the molecule is [CH2]C(C)C1=CCCC1. The van der Waals surface area contributed by atoms with Crippen molar-refractivity contribution in [2.75, 3.05) is 0 Å². The molecule has 1 radical (unpaired) electrons. The minimum Gasteiger partial charge on any atom is -0.0851 e. The summed E-state index contributed by atoms with van der Waals surface area (Å²) in [7, 11) is 0. The molecule has 0 amide bonds. The Labute approximate surface area is 51.6 Å². The van der Waals surface area contributed by atoms with Crippen LogP contribution in [0, 0.1) is 12.8 Å². The van der Waals surface area contributed by atoms with E-state index in [1.54, 1.807) is 5.57 Å². The minimum absolute atomic E-state index is 0.553. The van der Waals surface area contributed by atoms with Gasteiger partial charge in [0, 0.05) is 0 Å². The Hall–Kier alpha value is -0.260. The van der Waals surface area contributed by atoms with Crippen LogP contribution in [0.2, 0.25) is 0 Å². The molecule has 0 aromatic carbocycles. The molecule has 0 saturated carbocycles. The molecule has 0 bridgehead atoms. The average Bonchev–Trinajstić information content (AvgIpc) is 2.12. The quantitative estimate of drug-likeness (QED) is 0.454. The molecular formula is C8H13. The summed E-state index contributed by atoms with van der Waals surface area (Å²) >= 11 is 0. The first kappa shape index (κ1) is 5.87. The van der Waals surface area contributed by atoms with E-state index >= 15 is 0 Å². The second-order valence-electron chi connectivity index (χ2n) is 2.57. The van der Waals surface area contributed by atoms with E-state index < -0.39 is 0 Å². The third-order valence-corrected chi connectivity index (χ3v) is 1.71. The van der Waals surface area contributed by atoms with Gasteiger partial charge in [-0.25, -0.2) is 0 Å². The molecule has 0 aliphatic heterocycles. The van der Waals surface area contributed by atoms with Crippen molar-refractivity contribution < 1.29 is 0 Å². The zero-order chi connectivity index (χ0) is 5.98. The zero-order valence-corrected chi connectivity index (χ0v) is 5.48. The maximum Gasteiger partial charge on any atom is -0.0231 e.